The van der Waals surface area contributed by atoms with Gasteiger partial charge in [-0.2, -0.15) is 0 Å². The van der Waals surface area contributed by atoms with Crippen molar-refractivity contribution in [2.24, 2.45) is 11.8 Å². The highest BCUT2D eigenvalue weighted by Crippen LogP contribution is 2.39. The van der Waals surface area contributed by atoms with Crippen LogP contribution in [0.2, 0.25) is 0 Å². The van der Waals surface area contributed by atoms with E-state index in [1.165, 1.54) is 13.0 Å². The SMILES string of the molecule is CC1=CC2C=C(F)C(C)=C(F)C2C=C1. The Balaban J connectivity index is 2.43. The van der Waals surface area contributed by atoms with E-state index in [2.05, 4.69) is 0 Å². The van der Waals surface area contributed by atoms with Crippen LogP contribution < -0.4 is 0 Å². The molecule has 2 unspecified atom stereocenters. The van der Waals surface area contributed by atoms with E-state index < -0.39 is 5.83 Å². The Hall–Kier alpha value is -1.18. The summed E-state index contributed by atoms with van der Waals surface area (Å²) in [5.74, 6) is -1.21. The zero-order valence-electron chi connectivity index (χ0n) is 8.22. The van der Waals surface area contributed by atoms with E-state index in [-0.39, 0.29) is 23.2 Å². The van der Waals surface area contributed by atoms with Gasteiger partial charge < -0.3 is 0 Å². The molecule has 2 heteroatoms. The van der Waals surface area contributed by atoms with Crippen LogP contribution in [-0.2, 0) is 0 Å². The van der Waals surface area contributed by atoms with Gasteiger partial charge in [-0.3, -0.25) is 0 Å². The van der Waals surface area contributed by atoms with Crippen LogP contribution in [0.1, 0.15) is 13.8 Å². The molecule has 2 atom stereocenters. The summed E-state index contributed by atoms with van der Waals surface area (Å²) in [6.45, 7) is 3.41. The molecule has 0 aromatic heterocycles. The Kier molecular flexibility index (Phi) is 2.14. The van der Waals surface area contributed by atoms with Gasteiger partial charge in [-0.05, 0) is 19.9 Å². The molecule has 0 spiro atoms. The van der Waals surface area contributed by atoms with Gasteiger partial charge in [-0.15, -0.1) is 0 Å². The van der Waals surface area contributed by atoms with Gasteiger partial charge in [0.25, 0.3) is 0 Å². The summed E-state index contributed by atoms with van der Waals surface area (Å²) in [5.41, 5.74) is 1.20. The topological polar surface area (TPSA) is 0 Å². The lowest BCUT2D eigenvalue weighted by Crippen LogP contribution is -2.17. The van der Waals surface area contributed by atoms with E-state index in [0.717, 1.165) is 5.57 Å². The summed E-state index contributed by atoms with van der Waals surface area (Å²) in [6, 6.07) is 0. The van der Waals surface area contributed by atoms with Crippen LogP contribution >= 0.6 is 0 Å². The van der Waals surface area contributed by atoms with Crippen molar-refractivity contribution in [2.45, 2.75) is 13.8 Å². The van der Waals surface area contributed by atoms with Crippen LogP contribution in [0.5, 0.6) is 0 Å². The first-order valence-corrected chi connectivity index (χ1v) is 4.70. The summed E-state index contributed by atoms with van der Waals surface area (Å²) >= 11 is 0. The maximum Gasteiger partial charge on any atom is 0.125 e. The Morgan fingerprint density at radius 1 is 1.14 bits per heavy atom. The highest BCUT2D eigenvalue weighted by atomic mass is 19.1. The molecule has 0 radical (unpaired) electrons. The number of hydrogen-bond acceptors (Lipinski definition) is 0. The zero-order chi connectivity index (χ0) is 10.3. The van der Waals surface area contributed by atoms with E-state index in [1.807, 2.05) is 25.2 Å². The molecular formula is C12H12F2. The van der Waals surface area contributed by atoms with Crippen LogP contribution in [-0.4, -0.2) is 0 Å². The Labute approximate surface area is 82.3 Å². The number of rotatable bonds is 0. The minimum absolute atomic E-state index is 0.142. The quantitative estimate of drug-likeness (QED) is 0.549. The van der Waals surface area contributed by atoms with Crippen LogP contribution in [0, 0.1) is 11.8 Å². The van der Waals surface area contributed by atoms with E-state index >= 15 is 0 Å². The van der Waals surface area contributed by atoms with E-state index in [4.69, 9.17) is 0 Å². The maximum atomic E-state index is 13.6. The molecule has 74 valence electrons. The maximum absolute atomic E-state index is 13.6. The van der Waals surface area contributed by atoms with Crippen LogP contribution in [0.4, 0.5) is 8.78 Å². The van der Waals surface area contributed by atoms with Crippen molar-refractivity contribution in [3.05, 3.63) is 47.1 Å². The molecule has 0 saturated carbocycles. The lowest BCUT2D eigenvalue weighted by atomic mass is 9.80. The third-order valence-corrected chi connectivity index (χ3v) is 2.78. The molecule has 14 heavy (non-hydrogen) atoms. The van der Waals surface area contributed by atoms with Gasteiger partial charge in [-0.1, -0.05) is 23.8 Å². The molecule has 2 rings (SSSR count). The van der Waals surface area contributed by atoms with Crippen LogP contribution in [0.3, 0.4) is 0 Å². The Bertz CT molecular complexity index is 383. The fourth-order valence-electron chi connectivity index (χ4n) is 1.91. The number of hydrogen-bond donors (Lipinski definition) is 0. The molecule has 0 fully saturated rings. The second kappa shape index (κ2) is 3.19. The fraction of sp³-hybridized carbons (Fsp3) is 0.333. The van der Waals surface area contributed by atoms with Gasteiger partial charge in [0.2, 0.25) is 0 Å². The molecule has 2 aliphatic carbocycles. The lowest BCUT2D eigenvalue weighted by Gasteiger charge is -2.26. The summed E-state index contributed by atoms with van der Waals surface area (Å²) in [4.78, 5) is 0. The molecule has 2 aliphatic rings. The van der Waals surface area contributed by atoms with E-state index in [1.54, 1.807) is 0 Å². The average molecular weight is 194 g/mol. The summed E-state index contributed by atoms with van der Waals surface area (Å²) in [5, 5.41) is 0. The molecule has 0 aromatic carbocycles. The third kappa shape index (κ3) is 1.35. The molecule has 0 bridgehead atoms. The van der Waals surface area contributed by atoms with Crippen molar-refractivity contribution >= 4 is 0 Å². The lowest BCUT2D eigenvalue weighted by molar-refractivity contribution is 0.441. The number of allylic oxidation sites excluding steroid dienone is 8. The molecule has 0 aromatic rings. The summed E-state index contributed by atoms with van der Waals surface area (Å²) < 4.78 is 26.8. The van der Waals surface area contributed by atoms with Crippen molar-refractivity contribution < 1.29 is 8.78 Å². The first kappa shape index (κ1) is 9.38. The monoisotopic (exact) mass is 194 g/mol. The Morgan fingerprint density at radius 2 is 1.86 bits per heavy atom. The van der Waals surface area contributed by atoms with Gasteiger partial charge in [0, 0.05) is 17.4 Å². The van der Waals surface area contributed by atoms with Gasteiger partial charge in [0.1, 0.15) is 11.7 Å². The first-order valence-electron chi connectivity index (χ1n) is 4.70. The zero-order valence-corrected chi connectivity index (χ0v) is 8.22. The normalized spacial score (nSPS) is 31.1. The molecule has 0 saturated heterocycles. The minimum Gasteiger partial charge on any atom is -0.211 e. The Morgan fingerprint density at radius 3 is 2.57 bits per heavy atom. The van der Waals surface area contributed by atoms with Crippen molar-refractivity contribution in [1.82, 2.24) is 0 Å². The van der Waals surface area contributed by atoms with Gasteiger partial charge in [0.15, 0.2) is 0 Å². The minimum atomic E-state index is -0.428. The summed E-state index contributed by atoms with van der Waals surface area (Å²) in [7, 11) is 0. The van der Waals surface area contributed by atoms with E-state index in [0.29, 0.717) is 0 Å². The first-order chi connectivity index (χ1) is 6.59. The predicted molar refractivity (Wildman–Crippen MR) is 52.9 cm³/mol. The van der Waals surface area contributed by atoms with Crippen molar-refractivity contribution in [1.29, 1.82) is 0 Å². The highest BCUT2D eigenvalue weighted by Gasteiger charge is 2.29. The predicted octanol–water partition coefficient (Wildman–Crippen LogP) is 3.85. The van der Waals surface area contributed by atoms with Crippen molar-refractivity contribution in [3.63, 3.8) is 0 Å². The molecular weight excluding hydrogens is 182 g/mol. The average Bonchev–Trinajstić information content (AvgIpc) is 2.14. The second-order valence-corrected chi connectivity index (χ2v) is 3.86. The molecule has 0 N–H and O–H groups in total. The van der Waals surface area contributed by atoms with E-state index in [9.17, 15) is 8.78 Å². The smallest absolute Gasteiger partial charge is 0.125 e. The van der Waals surface area contributed by atoms with Crippen LogP contribution in [0.15, 0.2) is 47.1 Å². The molecule has 0 heterocycles. The number of halogens is 2. The largest absolute Gasteiger partial charge is 0.211 e. The van der Waals surface area contributed by atoms with Gasteiger partial charge in [-0.25, -0.2) is 8.78 Å². The van der Waals surface area contributed by atoms with Crippen LogP contribution in [0.25, 0.3) is 0 Å². The van der Waals surface area contributed by atoms with Crippen molar-refractivity contribution in [2.75, 3.05) is 0 Å². The van der Waals surface area contributed by atoms with Gasteiger partial charge >= 0.3 is 0 Å². The molecule has 0 amide bonds. The highest BCUT2D eigenvalue weighted by molar-refractivity contribution is 5.40. The summed E-state index contributed by atoms with van der Waals surface area (Å²) in [6.07, 6.45) is 7.08. The second-order valence-electron chi connectivity index (χ2n) is 3.86. The third-order valence-electron chi connectivity index (χ3n) is 2.78. The van der Waals surface area contributed by atoms with Crippen molar-refractivity contribution in [3.8, 4) is 0 Å². The fourth-order valence-corrected chi connectivity index (χ4v) is 1.91. The number of fused-ring (bicyclic) bond motifs is 1. The van der Waals surface area contributed by atoms with Gasteiger partial charge in [0.05, 0.1) is 0 Å². The molecule has 0 aliphatic heterocycles. The standard InChI is InChI=1S/C12H12F2/c1-7-3-4-10-9(5-7)6-11(13)8(2)12(10)14/h3-6,9-10H,1-2H3. The molecule has 0 nitrogen and oxygen atoms in total.